The van der Waals surface area contributed by atoms with Crippen LogP contribution in [0.2, 0.25) is 0 Å². The molecule has 1 aromatic heterocycles. The molecule has 0 N–H and O–H groups in total. The van der Waals surface area contributed by atoms with E-state index < -0.39 is 0 Å². The molecule has 0 aliphatic rings. The number of thiazole rings is 1. The number of rotatable bonds is 2. The van der Waals surface area contributed by atoms with Crippen LogP contribution in [-0.2, 0) is 0 Å². The number of aromatic nitrogens is 1. The van der Waals surface area contributed by atoms with E-state index in [-0.39, 0.29) is 10.8 Å². The Balaban J connectivity index is 2.12. The van der Waals surface area contributed by atoms with Crippen molar-refractivity contribution in [2.24, 2.45) is 0 Å². The molecule has 4 nitrogen and oxygen atoms in total. The largest absolute Gasteiger partial charge is 0.497 e. The maximum absolute atomic E-state index is 12.5. The summed E-state index contributed by atoms with van der Waals surface area (Å²) in [5.74, 6) is 0.346. The molecule has 0 atom stereocenters. The SMILES string of the molecule is COc1ccc(C(=O)n2c(=O)sc3ccccc32)cc1. The Bertz CT molecular complexity index is 830. The number of para-hydroxylation sites is 1. The van der Waals surface area contributed by atoms with E-state index in [9.17, 15) is 9.59 Å². The zero-order valence-corrected chi connectivity index (χ0v) is 11.5. The maximum atomic E-state index is 12.5. The third-order valence-electron chi connectivity index (χ3n) is 3.03. The van der Waals surface area contributed by atoms with Crippen molar-refractivity contribution in [3.8, 4) is 5.75 Å². The fourth-order valence-corrected chi connectivity index (χ4v) is 2.89. The summed E-state index contributed by atoms with van der Waals surface area (Å²) in [6, 6.07) is 14.0. The van der Waals surface area contributed by atoms with Gasteiger partial charge in [0.05, 0.1) is 17.3 Å². The van der Waals surface area contributed by atoms with Crippen molar-refractivity contribution >= 4 is 27.5 Å². The molecule has 0 bridgehead atoms. The fraction of sp³-hybridized carbons (Fsp3) is 0.0667. The molecule has 0 aliphatic heterocycles. The number of hydrogen-bond acceptors (Lipinski definition) is 4. The smallest absolute Gasteiger partial charge is 0.315 e. The van der Waals surface area contributed by atoms with Gasteiger partial charge in [0.2, 0.25) is 0 Å². The van der Waals surface area contributed by atoms with Crippen LogP contribution in [0.5, 0.6) is 5.75 Å². The molecule has 3 aromatic rings. The predicted molar refractivity (Wildman–Crippen MR) is 78.8 cm³/mol. The summed E-state index contributed by atoms with van der Waals surface area (Å²) in [7, 11) is 1.56. The van der Waals surface area contributed by atoms with Crippen LogP contribution in [0.1, 0.15) is 10.4 Å². The van der Waals surface area contributed by atoms with Gasteiger partial charge >= 0.3 is 4.87 Å². The number of nitrogens with zero attached hydrogens (tertiary/aromatic N) is 1. The van der Waals surface area contributed by atoms with Crippen molar-refractivity contribution in [2.75, 3.05) is 7.11 Å². The van der Waals surface area contributed by atoms with Crippen LogP contribution >= 0.6 is 11.3 Å². The molecule has 0 aliphatic carbocycles. The molecule has 0 saturated carbocycles. The summed E-state index contributed by atoms with van der Waals surface area (Å²) < 4.78 is 7.07. The van der Waals surface area contributed by atoms with Crippen LogP contribution in [0.3, 0.4) is 0 Å². The Morgan fingerprint density at radius 2 is 1.80 bits per heavy atom. The average molecular weight is 285 g/mol. The monoisotopic (exact) mass is 285 g/mol. The van der Waals surface area contributed by atoms with Crippen LogP contribution in [-0.4, -0.2) is 17.6 Å². The molecule has 0 unspecified atom stereocenters. The first kappa shape index (κ1) is 12.6. The minimum absolute atomic E-state index is 0.271. The van der Waals surface area contributed by atoms with Crippen LogP contribution in [0, 0.1) is 0 Å². The fourth-order valence-electron chi connectivity index (χ4n) is 2.02. The van der Waals surface area contributed by atoms with Crippen LogP contribution in [0.25, 0.3) is 10.2 Å². The summed E-state index contributed by atoms with van der Waals surface area (Å²) in [4.78, 5) is 24.2. The van der Waals surface area contributed by atoms with Gasteiger partial charge in [-0.15, -0.1) is 0 Å². The third-order valence-corrected chi connectivity index (χ3v) is 3.95. The van der Waals surface area contributed by atoms with E-state index in [1.807, 2.05) is 18.2 Å². The number of carbonyl (C=O) groups excluding carboxylic acids is 1. The summed E-state index contributed by atoms with van der Waals surface area (Å²) >= 11 is 1.07. The zero-order chi connectivity index (χ0) is 14.1. The van der Waals surface area contributed by atoms with Crippen LogP contribution < -0.4 is 9.61 Å². The number of methoxy groups -OCH3 is 1. The number of hydrogen-bond donors (Lipinski definition) is 0. The molecule has 0 radical (unpaired) electrons. The molecular formula is C15H11NO3S. The molecular weight excluding hydrogens is 274 g/mol. The van der Waals surface area contributed by atoms with Gasteiger partial charge in [-0.1, -0.05) is 23.5 Å². The molecule has 100 valence electrons. The molecule has 2 aromatic carbocycles. The van der Waals surface area contributed by atoms with Gasteiger partial charge in [0.15, 0.2) is 0 Å². The first-order chi connectivity index (χ1) is 9.70. The summed E-state index contributed by atoms with van der Waals surface area (Å²) in [6.45, 7) is 0. The summed E-state index contributed by atoms with van der Waals surface area (Å²) in [5.41, 5.74) is 1.10. The highest BCUT2D eigenvalue weighted by Gasteiger charge is 2.15. The van der Waals surface area contributed by atoms with Crippen molar-refractivity contribution in [3.63, 3.8) is 0 Å². The maximum Gasteiger partial charge on any atom is 0.315 e. The second-order valence-electron chi connectivity index (χ2n) is 4.20. The highest BCUT2D eigenvalue weighted by atomic mass is 32.1. The van der Waals surface area contributed by atoms with Gasteiger partial charge in [-0.3, -0.25) is 9.59 Å². The molecule has 0 fully saturated rings. The van der Waals surface area contributed by atoms with E-state index in [4.69, 9.17) is 4.74 Å². The van der Waals surface area contributed by atoms with Gasteiger partial charge in [0, 0.05) is 5.56 Å². The summed E-state index contributed by atoms with van der Waals surface area (Å²) in [5, 5.41) is 0. The minimum Gasteiger partial charge on any atom is -0.497 e. The molecule has 3 rings (SSSR count). The second kappa shape index (κ2) is 4.94. The molecule has 0 spiro atoms. The lowest BCUT2D eigenvalue weighted by Crippen LogP contribution is -2.22. The molecule has 1 heterocycles. The normalized spacial score (nSPS) is 10.7. The zero-order valence-electron chi connectivity index (χ0n) is 10.7. The van der Waals surface area contributed by atoms with Gasteiger partial charge in [-0.2, -0.15) is 0 Å². The van der Waals surface area contributed by atoms with Crippen molar-refractivity contribution in [2.45, 2.75) is 0 Å². The lowest BCUT2D eigenvalue weighted by molar-refractivity contribution is 0.0962. The van der Waals surface area contributed by atoms with E-state index in [0.29, 0.717) is 16.8 Å². The van der Waals surface area contributed by atoms with Crippen LogP contribution in [0.15, 0.2) is 53.3 Å². The van der Waals surface area contributed by atoms with Crippen molar-refractivity contribution < 1.29 is 9.53 Å². The van der Waals surface area contributed by atoms with E-state index in [1.165, 1.54) is 4.57 Å². The van der Waals surface area contributed by atoms with Gasteiger partial charge in [0.1, 0.15) is 5.75 Å². The first-order valence-electron chi connectivity index (χ1n) is 6.00. The lowest BCUT2D eigenvalue weighted by atomic mass is 10.2. The van der Waals surface area contributed by atoms with E-state index in [0.717, 1.165) is 16.0 Å². The third kappa shape index (κ3) is 2.02. The second-order valence-corrected chi connectivity index (χ2v) is 5.20. The first-order valence-corrected chi connectivity index (χ1v) is 6.81. The van der Waals surface area contributed by atoms with Crippen LogP contribution in [0.4, 0.5) is 0 Å². The molecule has 20 heavy (non-hydrogen) atoms. The predicted octanol–water partition coefficient (Wildman–Crippen LogP) is 2.76. The summed E-state index contributed by atoms with van der Waals surface area (Å²) in [6.07, 6.45) is 0. The standard InChI is InChI=1S/C15H11NO3S/c1-19-11-8-6-10(7-9-11)14(17)16-12-4-2-3-5-13(12)20-15(16)18/h2-9H,1H3. The van der Waals surface area contributed by atoms with Crippen molar-refractivity contribution in [1.82, 2.24) is 4.57 Å². The topological polar surface area (TPSA) is 48.3 Å². The number of fused-ring (bicyclic) bond motifs is 1. The van der Waals surface area contributed by atoms with Gasteiger partial charge in [-0.05, 0) is 36.4 Å². The Morgan fingerprint density at radius 1 is 1.10 bits per heavy atom. The van der Waals surface area contributed by atoms with E-state index in [2.05, 4.69) is 0 Å². The van der Waals surface area contributed by atoms with Crippen molar-refractivity contribution in [3.05, 3.63) is 63.8 Å². The number of carbonyl (C=O) groups is 1. The average Bonchev–Trinajstić information content (AvgIpc) is 2.82. The lowest BCUT2D eigenvalue weighted by Gasteiger charge is -2.04. The Morgan fingerprint density at radius 3 is 2.50 bits per heavy atom. The Kier molecular flexibility index (Phi) is 3.12. The number of ether oxygens (including phenoxy) is 1. The quantitative estimate of drug-likeness (QED) is 0.727. The van der Waals surface area contributed by atoms with E-state index >= 15 is 0 Å². The van der Waals surface area contributed by atoms with Gasteiger partial charge < -0.3 is 4.74 Å². The van der Waals surface area contributed by atoms with E-state index in [1.54, 1.807) is 37.4 Å². The highest BCUT2D eigenvalue weighted by Crippen LogP contribution is 2.18. The molecule has 5 heteroatoms. The number of benzene rings is 2. The van der Waals surface area contributed by atoms with Crippen molar-refractivity contribution in [1.29, 1.82) is 0 Å². The van der Waals surface area contributed by atoms with Gasteiger partial charge in [-0.25, -0.2) is 4.57 Å². The molecule has 0 amide bonds. The van der Waals surface area contributed by atoms with Gasteiger partial charge in [0.25, 0.3) is 5.91 Å². The molecule has 0 saturated heterocycles. The Hall–Kier alpha value is -2.40. The highest BCUT2D eigenvalue weighted by molar-refractivity contribution is 7.16. The Labute approximate surface area is 118 Å². The minimum atomic E-state index is -0.324.